The Morgan fingerprint density at radius 2 is 2.11 bits per heavy atom. The van der Waals surface area contributed by atoms with Gasteiger partial charge in [0.1, 0.15) is 5.75 Å². The van der Waals surface area contributed by atoms with Gasteiger partial charge in [-0.3, -0.25) is 4.79 Å². The van der Waals surface area contributed by atoms with Crippen molar-refractivity contribution < 1.29 is 9.53 Å². The molecule has 0 saturated heterocycles. The maximum Gasteiger partial charge on any atom is 0.260 e. The molecule has 5 heteroatoms. The number of amides is 1. The lowest BCUT2D eigenvalue weighted by atomic mass is 10.2. The first kappa shape index (κ1) is 15.8. The second-order valence-electron chi connectivity index (χ2n) is 4.63. The summed E-state index contributed by atoms with van der Waals surface area (Å²) in [7, 11) is 1.85. The SMILES string of the molecule is CNC(C)CNC(=O)C(C)Oc1cc(C)ccc1Cl. The Morgan fingerprint density at radius 3 is 2.74 bits per heavy atom. The molecule has 0 aliphatic rings. The molecule has 1 aromatic carbocycles. The fourth-order valence-electron chi connectivity index (χ4n) is 1.44. The summed E-state index contributed by atoms with van der Waals surface area (Å²) in [4.78, 5) is 11.9. The number of carbonyl (C=O) groups is 1. The lowest BCUT2D eigenvalue weighted by molar-refractivity contribution is -0.127. The second kappa shape index (κ2) is 7.36. The molecule has 2 atom stereocenters. The molecule has 1 amide bonds. The minimum atomic E-state index is -0.580. The molecule has 0 aliphatic carbocycles. The predicted octanol–water partition coefficient (Wildman–Crippen LogP) is 2.14. The summed E-state index contributed by atoms with van der Waals surface area (Å²) in [6, 6.07) is 5.70. The van der Waals surface area contributed by atoms with E-state index in [1.165, 1.54) is 0 Å². The average molecular weight is 285 g/mol. The molecule has 19 heavy (non-hydrogen) atoms. The zero-order valence-electron chi connectivity index (χ0n) is 11.8. The number of ether oxygens (including phenoxy) is 1. The van der Waals surface area contributed by atoms with Crippen LogP contribution >= 0.6 is 11.6 Å². The van der Waals surface area contributed by atoms with Crippen LogP contribution in [0, 0.1) is 6.92 Å². The van der Waals surface area contributed by atoms with Crippen LogP contribution in [0.25, 0.3) is 0 Å². The summed E-state index contributed by atoms with van der Waals surface area (Å²) < 4.78 is 5.59. The van der Waals surface area contributed by atoms with E-state index in [4.69, 9.17) is 16.3 Å². The monoisotopic (exact) mass is 284 g/mol. The van der Waals surface area contributed by atoms with Gasteiger partial charge in [-0.15, -0.1) is 0 Å². The van der Waals surface area contributed by atoms with Gasteiger partial charge in [0.2, 0.25) is 0 Å². The van der Waals surface area contributed by atoms with Gasteiger partial charge in [-0.1, -0.05) is 17.7 Å². The molecule has 0 spiro atoms. The van der Waals surface area contributed by atoms with Gasteiger partial charge in [0.25, 0.3) is 5.91 Å². The summed E-state index contributed by atoms with van der Waals surface area (Å²) in [5.41, 5.74) is 1.04. The Kier molecular flexibility index (Phi) is 6.12. The highest BCUT2D eigenvalue weighted by atomic mass is 35.5. The predicted molar refractivity (Wildman–Crippen MR) is 77.8 cm³/mol. The van der Waals surface area contributed by atoms with E-state index in [2.05, 4.69) is 10.6 Å². The van der Waals surface area contributed by atoms with Crippen LogP contribution in [0.5, 0.6) is 5.75 Å². The van der Waals surface area contributed by atoms with Crippen LogP contribution in [-0.2, 0) is 4.79 Å². The molecule has 1 rings (SSSR count). The third kappa shape index (κ3) is 5.09. The molecule has 0 radical (unpaired) electrons. The van der Waals surface area contributed by atoms with Gasteiger partial charge in [-0.2, -0.15) is 0 Å². The Morgan fingerprint density at radius 1 is 1.42 bits per heavy atom. The number of halogens is 1. The van der Waals surface area contributed by atoms with Crippen molar-refractivity contribution in [3.8, 4) is 5.75 Å². The smallest absolute Gasteiger partial charge is 0.260 e. The van der Waals surface area contributed by atoms with Crippen LogP contribution in [0.15, 0.2) is 18.2 Å². The topological polar surface area (TPSA) is 50.4 Å². The van der Waals surface area contributed by atoms with E-state index in [1.54, 1.807) is 13.0 Å². The molecule has 0 saturated carbocycles. The molecular formula is C14H21ClN2O2. The van der Waals surface area contributed by atoms with Gasteiger partial charge < -0.3 is 15.4 Å². The van der Waals surface area contributed by atoms with Gasteiger partial charge in [0.05, 0.1) is 5.02 Å². The van der Waals surface area contributed by atoms with E-state index in [-0.39, 0.29) is 11.9 Å². The second-order valence-corrected chi connectivity index (χ2v) is 5.04. The number of aryl methyl sites for hydroxylation is 1. The van der Waals surface area contributed by atoms with Crippen molar-refractivity contribution in [2.45, 2.75) is 32.9 Å². The van der Waals surface area contributed by atoms with E-state index in [0.717, 1.165) is 5.56 Å². The largest absolute Gasteiger partial charge is 0.479 e. The highest BCUT2D eigenvalue weighted by Gasteiger charge is 2.16. The molecule has 0 bridgehead atoms. The van der Waals surface area contributed by atoms with Crippen LogP contribution in [0.1, 0.15) is 19.4 Å². The van der Waals surface area contributed by atoms with E-state index in [0.29, 0.717) is 17.3 Å². The number of benzene rings is 1. The van der Waals surface area contributed by atoms with Crippen molar-refractivity contribution in [2.24, 2.45) is 0 Å². The van der Waals surface area contributed by atoms with E-state index in [1.807, 2.05) is 33.0 Å². The highest BCUT2D eigenvalue weighted by Crippen LogP contribution is 2.26. The summed E-state index contributed by atoms with van der Waals surface area (Å²) >= 11 is 6.03. The van der Waals surface area contributed by atoms with Crippen molar-refractivity contribution in [2.75, 3.05) is 13.6 Å². The standard InChI is InChI=1S/C14H21ClN2O2/c1-9-5-6-12(15)13(7-9)19-11(3)14(18)17-8-10(2)16-4/h5-7,10-11,16H,8H2,1-4H3,(H,17,18). The molecule has 0 fully saturated rings. The quantitative estimate of drug-likeness (QED) is 0.841. The Labute approximate surface area is 119 Å². The number of likely N-dealkylation sites (N-methyl/N-ethyl adjacent to an activating group) is 1. The number of hydrogen-bond donors (Lipinski definition) is 2. The third-order valence-corrected chi connectivity index (χ3v) is 3.15. The van der Waals surface area contributed by atoms with Crippen molar-refractivity contribution in [1.82, 2.24) is 10.6 Å². The Balaban J connectivity index is 2.56. The molecule has 2 unspecified atom stereocenters. The van der Waals surface area contributed by atoms with Crippen LogP contribution in [0.2, 0.25) is 5.02 Å². The molecule has 0 aromatic heterocycles. The third-order valence-electron chi connectivity index (χ3n) is 2.83. The van der Waals surface area contributed by atoms with Gasteiger partial charge in [-0.25, -0.2) is 0 Å². The molecule has 2 N–H and O–H groups in total. The molecule has 0 heterocycles. The first-order valence-corrected chi connectivity index (χ1v) is 6.69. The number of carbonyl (C=O) groups excluding carboxylic acids is 1. The fourth-order valence-corrected chi connectivity index (χ4v) is 1.61. The van der Waals surface area contributed by atoms with E-state index >= 15 is 0 Å². The molecule has 0 aliphatic heterocycles. The minimum Gasteiger partial charge on any atom is -0.479 e. The molecule has 106 valence electrons. The van der Waals surface area contributed by atoms with Crippen LogP contribution in [0.4, 0.5) is 0 Å². The number of rotatable bonds is 6. The van der Waals surface area contributed by atoms with Crippen molar-refractivity contribution in [3.63, 3.8) is 0 Å². The summed E-state index contributed by atoms with van der Waals surface area (Å²) in [6.45, 7) is 6.20. The normalized spacial score (nSPS) is 13.7. The molecule has 4 nitrogen and oxygen atoms in total. The molecule has 1 aromatic rings. The first-order valence-electron chi connectivity index (χ1n) is 6.31. The van der Waals surface area contributed by atoms with Gasteiger partial charge in [0, 0.05) is 12.6 Å². The van der Waals surface area contributed by atoms with Crippen molar-refractivity contribution >= 4 is 17.5 Å². The fraction of sp³-hybridized carbons (Fsp3) is 0.500. The Hall–Kier alpha value is -1.26. The average Bonchev–Trinajstić information content (AvgIpc) is 2.39. The summed E-state index contributed by atoms with van der Waals surface area (Å²) in [6.07, 6.45) is -0.580. The zero-order valence-corrected chi connectivity index (χ0v) is 12.5. The highest BCUT2D eigenvalue weighted by molar-refractivity contribution is 6.32. The minimum absolute atomic E-state index is 0.153. The summed E-state index contributed by atoms with van der Waals surface area (Å²) in [5.74, 6) is 0.380. The first-order chi connectivity index (χ1) is 8.93. The van der Waals surface area contributed by atoms with E-state index in [9.17, 15) is 4.79 Å². The zero-order chi connectivity index (χ0) is 14.4. The maximum absolute atomic E-state index is 11.9. The molecular weight excluding hydrogens is 264 g/mol. The lowest BCUT2D eigenvalue weighted by Gasteiger charge is -2.17. The van der Waals surface area contributed by atoms with Crippen molar-refractivity contribution in [3.05, 3.63) is 28.8 Å². The number of hydrogen-bond acceptors (Lipinski definition) is 3. The summed E-state index contributed by atoms with van der Waals surface area (Å²) in [5, 5.41) is 6.37. The lowest BCUT2D eigenvalue weighted by Crippen LogP contribution is -2.42. The van der Waals surface area contributed by atoms with Crippen LogP contribution in [0.3, 0.4) is 0 Å². The van der Waals surface area contributed by atoms with E-state index < -0.39 is 6.10 Å². The maximum atomic E-state index is 11.9. The van der Waals surface area contributed by atoms with Crippen LogP contribution < -0.4 is 15.4 Å². The van der Waals surface area contributed by atoms with Gasteiger partial charge in [0.15, 0.2) is 6.10 Å². The Bertz CT molecular complexity index is 437. The number of nitrogens with one attached hydrogen (secondary N) is 2. The van der Waals surface area contributed by atoms with Crippen LogP contribution in [-0.4, -0.2) is 31.6 Å². The van der Waals surface area contributed by atoms with Crippen molar-refractivity contribution in [1.29, 1.82) is 0 Å². The van der Waals surface area contributed by atoms with Gasteiger partial charge in [-0.05, 0) is 45.5 Å². The van der Waals surface area contributed by atoms with Gasteiger partial charge >= 0.3 is 0 Å².